The Balaban J connectivity index is 1.77. The highest BCUT2D eigenvalue weighted by atomic mass is 32.1. The third kappa shape index (κ3) is 4.39. The minimum absolute atomic E-state index is 0.0577. The van der Waals surface area contributed by atoms with Gasteiger partial charge in [-0.3, -0.25) is 15.5 Å². The quantitative estimate of drug-likeness (QED) is 0.383. The second-order valence-corrected chi connectivity index (χ2v) is 6.06. The van der Waals surface area contributed by atoms with E-state index in [4.69, 9.17) is 4.74 Å². The third-order valence-electron chi connectivity index (χ3n) is 3.21. The number of benzene rings is 2. The molecule has 1 heterocycles. The maximum atomic E-state index is 12.9. The lowest BCUT2D eigenvalue weighted by molar-refractivity contribution is -0.385. The molecular formula is C17H13FN4O3S. The van der Waals surface area contributed by atoms with Crippen LogP contribution in [0.4, 0.5) is 15.2 Å². The molecule has 26 heavy (non-hydrogen) atoms. The number of nitrogens with one attached hydrogen (secondary N) is 1. The fraction of sp³-hybridized carbons (Fsp3) is 0.0588. The molecule has 0 unspecified atom stereocenters. The highest BCUT2D eigenvalue weighted by Crippen LogP contribution is 2.32. The first-order chi connectivity index (χ1) is 12.5. The molecule has 132 valence electrons. The molecule has 9 heteroatoms. The van der Waals surface area contributed by atoms with Crippen LogP contribution in [0, 0.1) is 22.9 Å². The second-order valence-electron chi connectivity index (χ2n) is 5.20. The molecule has 3 rings (SSSR count). The Hall–Kier alpha value is -3.33. The minimum Gasteiger partial charge on any atom is -0.450 e. The van der Waals surface area contributed by atoms with Gasteiger partial charge < -0.3 is 4.74 Å². The van der Waals surface area contributed by atoms with Gasteiger partial charge in [0.25, 0.3) is 0 Å². The van der Waals surface area contributed by atoms with Crippen LogP contribution >= 0.6 is 11.3 Å². The van der Waals surface area contributed by atoms with Crippen LogP contribution in [0.15, 0.2) is 52.9 Å². The number of hydrazone groups is 1. The van der Waals surface area contributed by atoms with Crippen molar-refractivity contribution in [3.05, 3.63) is 75.0 Å². The molecule has 0 aliphatic rings. The van der Waals surface area contributed by atoms with Crippen LogP contribution in [0.1, 0.15) is 11.3 Å². The van der Waals surface area contributed by atoms with Crippen molar-refractivity contribution in [2.24, 2.45) is 5.10 Å². The minimum atomic E-state index is -0.548. The molecule has 0 saturated heterocycles. The van der Waals surface area contributed by atoms with E-state index in [0.717, 1.165) is 5.69 Å². The molecule has 0 radical (unpaired) electrons. The van der Waals surface area contributed by atoms with Crippen molar-refractivity contribution in [1.82, 2.24) is 4.98 Å². The summed E-state index contributed by atoms with van der Waals surface area (Å²) in [7, 11) is 0. The largest absolute Gasteiger partial charge is 0.450 e. The van der Waals surface area contributed by atoms with Crippen molar-refractivity contribution in [2.45, 2.75) is 6.92 Å². The lowest BCUT2D eigenvalue weighted by Crippen LogP contribution is -1.96. The van der Waals surface area contributed by atoms with Crippen molar-refractivity contribution >= 4 is 28.4 Å². The first-order valence-electron chi connectivity index (χ1n) is 7.44. The van der Waals surface area contributed by atoms with E-state index in [0.29, 0.717) is 16.4 Å². The van der Waals surface area contributed by atoms with E-state index in [1.54, 1.807) is 6.07 Å². The SMILES string of the molecule is Cc1csc(NN=Cc2ccc(Oc3ccc(F)cc3)c([N+](=O)[O-])c2)n1. The molecule has 0 atom stereocenters. The Morgan fingerprint density at radius 3 is 2.73 bits per heavy atom. The molecule has 3 aromatic rings. The van der Waals surface area contributed by atoms with Gasteiger partial charge in [-0.15, -0.1) is 11.3 Å². The summed E-state index contributed by atoms with van der Waals surface area (Å²) in [6.45, 7) is 1.87. The molecule has 0 aliphatic carbocycles. The Morgan fingerprint density at radius 2 is 2.08 bits per heavy atom. The van der Waals surface area contributed by atoms with Gasteiger partial charge in [0.15, 0.2) is 0 Å². The zero-order chi connectivity index (χ0) is 18.5. The summed E-state index contributed by atoms with van der Waals surface area (Å²) in [5, 5.41) is 17.8. The summed E-state index contributed by atoms with van der Waals surface area (Å²) in [6.07, 6.45) is 1.45. The normalized spacial score (nSPS) is 10.8. The number of halogens is 1. The fourth-order valence-corrected chi connectivity index (χ4v) is 2.68. The molecule has 0 bridgehead atoms. The average Bonchev–Trinajstić information content (AvgIpc) is 3.03. The standard InChI is InChI=1S/C17H13FN4O3S/c1-11-10-26-17(20-11)21-19-9-12-2-7-16(15(8-12)22(23)24)25-14-5-3-13(18)4-6-14/h2-10H,1H3,(H,20,21). The Bertz CT molecular complexity index is 957. The van der Waals surface area contributed by atoms with Crippen LogP contribution in [0.25, 0.3) is 0 Å². The maximum Gasteiger partial charge on any atom is 0.312 e. The van der Waals surface area contributed by atoms with Gasteiger partial charge in [0.1, 0.15) is 11.6 Å². The van der Waals surface area contributed by atoms with Gasteiger partial charge in [-0.2, -0.15) is 5.10 Å². The molecule has 7 nitrogen and oxygen atoms in total. The van der Waals surface area contributed by atoms with Gasteiger partial charge in [-0.05, 0) is 43.3 Å². The van der Waals surface area contributed by atoms with Gasteiger partial charge in [0.2, 0.25) is 10.9 Å². The molecule has 0 aliphatic heterocycles. The number of thiazole rings is 1. The molecule has 0 spiro atoms. The number of ether oxygens (including phenoxy) is 1. The van der Waals surface area contributed by atoms with E-state index in [1.165, 1.54) is 53.9 Å². The predicted molar refractivity (Wildman–Crippen MR) is 97.6 cm³/mol. The lowest BCUT2D eigenvalue weighted by Gasteiger charge is -2.06. The summed E-state index contributed by atoms with van der Waals surface area (Å²) in [4.78, 5) is 15.0. The lowest BCUT2D eigenvalue weighted by atomic mass is 10.2. The number of nitro groups is 1. The highest BCUT2D eigenvalue weighted by molar-refractivity contribution is 7.13. The Morgan fingerprint density at radius 1 is 1.31 bits per heavy atom. The zero-order valence-corrected chi connectivity index (χ0v) is 14.4. The summed E-state index contributed by atoms with van der Waals surface area (Å²) in [5.41, 5.74) is 3.94. The number of nitro benzene ring substituents is 1. The Labute approximate surface area is 151 Å². The van der Waals surface area contributed by atoms with Crippen molar-refractivity contribution in [1.29, 1.82) is 0 Å². The molecule has 1 aromatic heterocycles. The Kier molecular flexibility index (Phi) is 5.18. The molecule has 0 fully saturated rings. The van der Waals surface area contributed by atoms with E-state index in [9.17, 15) is 14.5 Å². The molecule has 1 N–H and O–H groups in total. The molecular weight excluding hydrogens is 359 g/mol. The van der Waals surface area contributed by atoms with E-state index in [1.807, 2.05) is 12.3 Å². The van der Waals surface area contributed by atoms with Crippen LogP contribution in [0.3, 0.4) is 0 Å². The molecule has 2 aromatic carbocycles. The predicted octanol–water partition coefficient (Wildman–Crippen LogP) is 4.74. The first-order valence-corrected chi connectivity index (χ1v) is 8.32. The summed E-state index contributed by atoms with van der Waals surface area (Å²) in [6, 6.07) is 9.67. The van der Waals surface area contributed by atoms with Crippen LogP contribution in [-0.2, 0) is 0 Å². The number of aryl methyl sites for hydroxylation is 1. The first kappa shape index (κ1) is 17.5. The van der Waals surface area contributed by atoms with Crippen LogP contribution in [0.5, 0.6) is 11.5 Å². The van der Waals surface area contributed by atoms with E-state index in [-0.39, 0.29) is 11.4 Å². The summed E-state index contributed by atoms with van der Waals surface area (Å²) in [5.74, 6) is -0.0553. The van der Waals surface area contributed by atoms with Gasteiger partial charge >= 0.3 is 5.69 Å². The summed E-state index contributed by atoms with van der Waals surface area (Å²) < 4.78 is 18.4. The van der Waals surface area contributed by atoms with Gasteiger partial charge in [-0.25, -0.2) is 9.37 Å². The smallest absolute Gasteiger partial charge is 0.312 e. The zero-order valence-electron chi connectivity index (χ0n) is 13.5. The average molecular weight is 372 g/mol. The number of rotatable bonds is 6. The van der Waals surface area contributed by atoms with Crippen molar-refractivity contribution in [3.8, 4) is 11.5 Å². The van der Waals surface area contributed by atoms with E-state index in [2.05, 4.69) is 15.5 Å². The van der Waals surface area contributed by atoms with Gasteiger partial charge in [-0.1, -0.05) is 0 Å². The number of hydrogen-bond acceptors (Lipinski definition) is 7. The monoisotopic (exact) mass is 372 g/mol. The van der Waals surface area contributed by atoms with E-state index < -0.39 is 10.7 Å². The second kappa shape index (κ2) is 7.70. The van der Waals surface area contributed by atoms with E-state index >= 15 is 0 Å². The number of aromatic nitrogens is 1. The van der Waals surface area contributed by atoms with Crippen molar-refractivity contribution < 1.29 is 14.1 Å². The molecule has 0 saturated carbocycles. The number of anilines is 1. The maximum absolute atomic E-state index is 12.9. The van der Waals surface area contributed by atoms with Gasteiger partial charge in [0, 0.05) is 17.0 Å². The number of nitrogens with zero attached hydrogens (tertiary/aromatic N) is 3. The van der Waals surface area contributed by atoms with Crippen LogP contribution in [-0.4, -0.2) is 16.1 Å². The van der Waals surface area contributed by atoms with Crippen molar-refractivity contribution in [3.63, 3.8) is 0 Å². The van der Waals surface area contributed by atoms with Crippen LogP contribution < -0.4 is 10.2 Å². The summed E-state index contributed by atoms with van der Waals surface area (Å²) >= 11 is 1.41. The highest BCUT2D eigenvalue weighted by Gasteiger charge is 2.16. The van der Waals surface area contributed by atoms with Crippen LogP contribution in [0.2, 0.25) is 0 Å². The number of hydrogen-bond donors (Lipinski definition) is 1. The van der Waals surface area contributed by atoms with Crippen molar-refractivity contribution in [2.75, 3.05) is 5.43 Å². The topological polar surface area (TPSA) is 89.7 Å². The fourth-order valence-electron chi connectivity index (χ4n) is 2.04. The molecule has 0 amide bonds. The van der Waals surface area contributed by atoms with Gasteiger partial charge in [0.05, 0.1) is 16.8 Å². The third-order valence-corrected chi connectivity index (χ3v) is 4.08.